The summed E-state index contributed by atoms with van der Waals surface area (Å²) < 4.78 is 5.28. The van der Waals surface area contributed by atoms with Gasteiger partial charge in [-0.2, -0.15) is 0 Å². The molecule has 0 atom stereocenters. The Bertz CT molecular complexity index is 466. The van der Waals surface area contributed by atoms with E-state index in [9.17, 15) is 0 Å². The first kappa shape index (κ1) is 10.1. The van der Waals surface area contributed by atoms with Crippen molar-refractivity contribution in [3.05, 3.63) is 53.6 Å². The van der Waals surface area contributed by atoms with Gasteiger partial charge >= 0.3 is 0 Å². The third kappa shape index (κ3) is 2.13. The van der Waals surface area contributed by atoms with Crippen molar-refractivity contribution in [1.82, 2.24) is 0 Å². The van der Waals surface area contributed by atoms with Crippen LogP contribution in [0.15, 0.2) is 42.5 Å². The molecular formula is C13H10ClO. The molecule has 0 fully saturated rings. The van der Waals surface area contributed by atoms with Gasteiger partial charge in [-0.3, -0.25) is 0 Å². The summed E-state index contributed by atoms with van der Waals surface area (Å²) in [6, 6.07) is 16.4. The Kier molecular flexibility index (Phi) is 2.93. The summed E-state index contributed by atoms with van der Waals surface area (Å²) >= 11 is 5.93. The van der Waals surface area contributed by atoms with Crippen LogP contribution in [0.1, 0.15) is 0 Å². The van der Waals surface area contributed by atoms with E-state index in [2.05, 4.69) is 6.07 Å². The maximum Gasteiger partial charge on any atom is 0.126 e. The first-order chi connectivity index (χ1) is 7.31. The minimum absolute atomic E-state index is 0.703. The van der Waals surface area contributed by atoms with Gasteiger partial charge in [-0.1, -0.05) is 35.9 Å². The van der Waals surface area contributed by atoms with Gasteiger partial charge in [0.25, 0.3) is 0 Å². The van der Waals surface area contributed by atoms with E-state index >= 15 is 0 Å². The molecule has 0 aliphatic heterocycles. The molecule has 75 valence electrons. The van der Waals surface area contributed by atoms with Gasteiger partial charge in [0.2, 0.25) is 0 Å². The first-order valence-corrected chi connectivity index (χ1v) is 4.99. The summed E-state index contributed by atoms with van der Waals surface area (Å²) in [7, 11) is 1.66. The molecule has 1 nitrogen and oxygen atoms in total. The lowest BCUT2D eigenvalue weighted by molar-refractivity contribution is 0.416. The van der Waals surface area contributed by atoms with Crippen LogP contribution in [0.4, 0.5) is 0 Å². The molecule has 0 spiro atoms. The molecule has 2 heteroatoms. The maximum absolute atomic E-state index is 5.93. The highest BCUT2D eigenvalue weighted by Crippen LogP contribution is 2.30. The topological polar surface area (TPSA) is 9.23 Å². The monoisotopic (exact) mass is 217 g/mol. The lowest BCUT2D eigenvalue weighted by Crippen LogP contribution is -1.87. The van der Waals surface area contributed by atoms with Gasteiger partial charge in [0.05, 0.1) is 7.11 Å². The zero-order valence-corrected chi connectivity index (χ0v) is 9.08. The van der Waals surface area contributed by atoms with Crippen LogP contribution in [0.5, 0.6) is 5.75 Å². The van der Waals surface area contributed by atoms with E-state index in [1.165, 1.54) is 0 Å². The van der Waals surface area contributed by atoms with Crippen molar-refractivity contribution in [3.8, 4) is 16.9 Å². The third-order valence-corrected chi connectivity index (χ3v) is 2.40. The van der Waals surface area contributed by atoms with Crippen LogP contribution >= 0.6 is 11.6 Å². The number of ether oxygens (including phenoxy) is 1. The Labute approximate surface area is 94.3 Å². The Morgan fingerprint density at radius 1 is 1.20 bits per heavy atom. The van der Waals surface area contributed by atoms with Gasteiger partial charge in [-0.05, 0) is 29.8 Å². The second-order valence-electron chi connectivity index (χ2n) is 3.12. The second kappa shape index (κ2) is 4.37. The van der Waals surface area contributed by atoms with Crippen LogP contribution in [0.2, 0.25) is 5.02 Å². The average molecular weight is 218 g/mol. The normalized spacial score (nSPS) is 10.0. The number of halogens is 1. The highest BCUT2D eigenvalue weighted by Gasteiger charge is 2.04. The van der Waals surface area contributed by atoms with Crippen molar-refractivity contribution in [1.29, 1.82) is 0 Å². The van der Waals surface area contributed by atoms with E-state index in [1.807, 2.05) is 36.4 Å². The van der Waals surface area contributed by atoms with Crippen molar-refractivity contribution >= 4 is 11.6 Å². The number of methoxy groups -OCH3 is 1. The zero-order valence-electron chi connectivity index (χ0n) is 8.33. The fourth-order valence-electron chi connectivity index (χ4n) is 1.46. The van der Waals surface area contributed by atoms with E-state index in [0.29, 0.717) is 5.02 Å². The molecule has 0 N–H and O–H groups in total. The highest BCUT2D eigenvalue weighted by atomic mass is 35.5. The molecule has 0 unspecified atom stereocenters. The van der Waals surface area contributed by atoms with Crippen molar-refractivity contribution in [2.75, 3.05) is 7.11 Å². The molecule has 0 saturated heterocycles. The molecule has 0 bridgehead atoms. The summed E-state index contributed by atoms with van der Waals surface area (Å²) in [4.78, 5) is 0. The van der Waals surface area contributed by atoms with Crippen molar-refractivity contribution in [2.45, 2.75) is 0 Å². The van der Waals surface area contributed by atoms with Crippen LogP contribution < -0.4 is 4.74 Å². The smallest absolute Gasteiger partial charge is 0.126 e. The number of benzene rings is 2. The summed E-state index contributed by atoms with van der Waals surface area (Å²) in [5, 5.41) is 0.703. The molecule has 0 amide bonds. The number of rotatable bonds is 2. The quantitative estimate of drug-likeness (QED) is 0.743. The lowest BCUT2D eigenvalue weighted by atomic mass is 10.1. The molecule has 0 aliphatic rings. The molecule has 2 rings (SSSR count). The number of hydrogen-bond acceptors (Lipinski definition) is 1. The van der Waals surface area contributed by atoms with Crippen molar-refractivity contribution < 1.29 is 4.74 Å². The van der Waals surface area contributed by atoms with Gasteiger partial charge in [-0.15, -0.1) is 0 Å². The minimum Gasteiger partial charge on any atom is -0.496 e. The Morgan fingerprint density at radius 2 is 2.00 bits per heavy atom. The summed E-state index contributed by atoms with van der Waals surface area (Å²) in [6.45, 7) is 0. The maximum atomic E-state index is 5.93. The second-order valence-corrected chi connectivity index (χ2v) is 3.56. The van der Waals surface area contributed by atoms with Crippen LogP contribution in [-0.4, -0.2) is 7.11 Å². The molecular weight excluding hydrogens is 208 g/mol. The van der Waals surface area contributed by atoms with E-state index in [1.54, 1.807) is 13.2 Å². The van der Waals surface area contributed by atoms with Crippen LogP contribution in [0.25, 0.3) is 11.1 Å². The largest absolute Gasteiger partial charge is 0.496 e. The van der Waals surface area contributed by atoms with Gasteiger partial charge in [0.15, 0.2) is 0 Å². The fourth-order valence-corrected chi connectivity index (χ4v) is 1.63. The predicted octanol–water partition coefficient (Wildman–Crippen LogP) is 3.82. The number of hydrogen-bond donors (Lipinski definition) is 0. The SMILES string of the molecule is COc1ccccc1-c1[c]ccc(Cl)c1. The zero-order chi connectivity index (χ0) is 10.7. The van der Waals surface area contributed by atoms with Crippen LogP contribution in [-0.2, 0) is 0 Å². The Morgan fingerprint density at radius 3 is 2.73 bits per heavy atom. The van der Waals surface area contributed by atoms with Gasteiger partial charge in [0.1, 0.15) is 5.75 Å². The predicted molar refractivity (Wildman–Crippen MR) is 62.3 cm³/mol. The van der Waals surface area contributed by atoms with Crippen molar-refractivity contribution in [2.24, 2.45) is 0 Å². The molecule has 2 aromatic rings. The molecule has 0 aliphatic carbocycles. The van der Waals surface area contributed by atoms with Crippen LogP contribution in [0, 0.1) is 6.07 Å². The van der Waals surface area contributed by atoms with Crippen LogP contribution in [0.3, 0.4) is 0 Å². The lowest BCUT2D eigenvalue weighted by Gasteiger charge is -2.07. The first-order valence-electron chi connectivity index (χ1n) is 4.62. The van der Waals surface area contributed by atoms with E-state index in [4.69, 9.17) is 16.3 Å². The van der Waals surface area contributed by atoms with Crippen molar-refractivity contribution in [3.63, 3.8) is 0 Å². The Hall–Kier alpha value is -1.47. The van der Waals surface area contributed by atoms with E-state index in [0.717, 1.165) is 16.9 Å². The van der Waals surface area contributed by atoms with E-state index < -0.39 is 0 Å². The van der Waals surface area contributed by atoms with Gasteiger partial charge in [-0.25, -0.2) is 0 Å². The summed E-state index contributed by atoms with van der Waals surface area (Å²) in [6.07, 6.45) is 0. The molecule has 1 radical (unpaired) electrons. The average Bonchev–Trinajstić information content (AvgIpc) is 2.29. The molecule has 15 heavy (non-hydrogen) atoms. The standard InChI is InChI=1S/C13H10ClO/c1-15-13-8-3-2-7-12(13)10-5-4-6-11(14)9-10/h2-4,6-9H,1H3. The van der Waals surface area contributed by atoms with E-state index in [-0.39, 0.29) is 0 Å². The van der Waals surface area contributed by atoms with Gasteiger partial charge < -0.3 is 4.74 Å². The molecule has 0 saturated carbocycles. The Balaban J connectivity index is 2.53. The van der Waals surface area contributed by atoms with Gasteiger partial charge in [0, 0.05) is 10.6 Å². The summed E-state index contributed by atoms with van der Waals surface area (Å²) in [5.41, 5.74) is 1.95. The summed E-state index contributed by atoms with van der Waals surface area (Å²) in [5.74, 6) is 0.830. The third-order valence-electron chi connectivity index (χ3n) is 2.16. The fraction of sp³-hybridized carbons (Fsp3) is 0.0769. The molecule has 0 heterocycles. The minimum atomic E-state index is 0.703. The molecule has 2 aromatic carbocycles. The highest BCUT2D eigenvalue weighted by molar-refractivity contribution is 6.30. The number of para-hydroxylation sites is 1. The molecule has 0 aromatic heterocycles.